The first-order valence-electron chi connectivity index (χ1n) is 5.37. The average Bonchev–Trinajstić information content (AvgIpc) is 2.74. The molecular formula is C12H13Br2ClO. The Hall–Kier alpha value is 0.430. The molecule has 88 valence electrons. The van der Waals surface area contributed by atoms with Crippen molar-refractivity contribution in [3.63, 3.8) is 0 Å². The van der Waals surface area contributed by atoms with E-state index < -0.39 is 0 Å². The van der Waals surface area contributed by atoms with Gasteiger partial charge < -0.3 is 4.74 Å². The highest BCUT2D eigenvalue weighted by Crippen LogP contribution is 2.35. The van der Waals surface area contributed by atoms with Crippen molar-refractivity contribution < 1.29 is 4.74 Å². The van der Waals surface area contributed by atoms with Crippen LogP contribution in [0.3, 0.4) is 0 Å². The minimum atomic E-state index is 0.00924. The Labute approximate surface area is 118 Å². The monoisotopic (exact) mass is 366 g/mol. The predicted octanol–water partition coefficient (Wildman–Crippen LogP) is 5.06. The second-order valence-electron chi connectivity index (χ2n) is 4.00. The molecule has 4 heteroatoms. The van der Waals surface area contributed by atoms with Gasteiger partial charge in [0.05, 0.1) is 11.5 Å². The van der Waals surface area contributed by atoms with Gasteiger partial charge in [0.15, 0.2) is 0 Å². The third-order valence-electron chi connectivity index (χ3n) is 2.79. The third kappa shape index (κ3) is 3.22. The van der Waals surface area contributed by atoms with Crippen LogP contribution in [0, 0.1) is 0 Å². The van der Waals surface area contributed by atoms with Crippen molar-refractivity contribution in [1.82, 2.24) is 0 Å². The largest absolute Gasteiger partial charge is 0.378 e. The second kappa shape index (κ2) is 5.85. The van der Waals surface area contributed by atoms with E-state index in [0.717, 1.165) is 40.4 Å². The fraction of sp³-hybridized carbons (Fsp3) is 0.500. The normalized spacial score (nSPS) is 22.3. The van der Waals surface area contributed by atoms with Gasteiger partial charge in [-0.2, -0.15) is 0 Å². The van der Waals surface area contributed by atoms with Gasteiger partial charge in [-0.25, -0.2) is 0 Å². The Balaban J connectivity index is 2.07. The fourth-order valence-corrected chi connectivity index (χ4v) is 3.36. The van der Waals surface area contributed by atoms with E-state index in [1.165, 1.54) is 0 Å². The number of hydrogen-bond donors (Lipinski definition) is 0. The van der Waals surface area contributed by atoms with Crippen LogP contribution in [0.2, 0.25) is 0 Å². The molecule has 0 spiro atoms. The summed E-state index contributed by atoms with van der Waals surface area (Å²) in [7, 11) is 0. The lowest BCUT2D eigenvalue weighted by Crippen LogP contribution is -2.08. The Morgan fingerprint density at radius 2 is 2.25 bits per heavy atom. The molecule has 0 radical (unpaired) electrons. The van der Waals surface area contributed by atoms with Gasteiger partial charge in [0, 0.05) is 15.6 Å². The highest BCUT2D eigenvalue weighted by Gasteiger charge is 2.21. The lowest BCUT2D eigenvalue weighted by atomic mass is 10.0. The lowest BCUT2D eigenvalue weighted by Gasteiger charge is -2.16. The van der Waals surface area contributed by atoms with Gasteiger partial charge in [-0.1, -0.05) is 31.9 Å². The summed E-state index contributed by atoms with van der Waals surface area (Å²) in [5, 5.41) is 0.00924. The third-order valence-corrected chi connectivity index (χ3v) is 4.42. The molecule has 0 bridgehead atoms. The molecule has 0 aliphatic carbocycles. The molecule has 1 nitrogen and oxygen atoms in total. The minimum Gasteiger partial charge on any atom is -0.378 e. The van der Waals surface area contributed by atoms with Gasteiger partial charge in [0.2, 0.25) is 0 Å². The lowest BCUT2D eigenvalue weighted by molar-refractivity contribution is 0.103. The molecule has 2 rings (SSSR count). The van der Waals surface area contributed by atoms with Crippen molar-refractivity contribution in [3.05, 3.63) is 32.7 Å². The zero-order valence-electron chi connectivity index (χ0n) is 8.76. The van der Waals surface area contributed by atoms with Gasteiger partial charge in [0.25, 0.3) is 0 Å². The van der Waals surface area contributed by atoms with Crippen LogP contribution in [0.15, 0.2) is 27.1 Å². The van der Waals surface area contributed by atoms with Crippen LogP contribution >= 0.6 is 43.5 Å². The number of rotatable bonds is 3. The van der Waals surface area contributed by atoms with Gasteiger partial charge in [-0.3, -0.25) is 0 Å². The molecular weight excluding hydrogens is 355 g/mol. The minimum absolute atomic E-state index is 0.00924. The van der Waals surface area contributed by atoms with Crippen molar-refractivity contribution >= 4 is 43.5 Å². The number of halogens is 3. The van der Waals surface area contributed by atoms with E-state index in [2.05, 4.69) is 37.9 Å². The van der Waals surface area contributed by atoms with E-state index in [-0.39, 0.29) is 5.38 Å². The number of benzene rings is 1. The Kier molecular flexibility index (Phi) is 4.71. The summed E-state index contributed by atoms with van der Waals surface area (Å²) in [6.45, 7) is 0.883. The van der Waals surface area contributed by atoms with E-state index in [1.54, 1.807) is 0 Å². The molecule has 1 aromatic carbocycles. The first kappa shape index (κ1) is 12.9. The number of alkyl halides is 1. The van der Waals surface area contributed by atoms with Crippen molar-refractivity contribution in [3.8, 4) is 0 Å². The fourth-order valence-electron chi connectivity index (χ4n) is 1.94. The molecule has 1 aromatic rings. The molecule has 2 atom stereocenters. The van der Waals surface area contributed by atoms with Gasteiger partial charge in [0.1, 0.15) is 0 Å². The van der Waals surface area contributed by atoms with E-state index in [4.69, 9.17) is 16.3 Å². The van der Waals surface area contributed by atoms with Gasteiger partial charge in [-0.15, -0.1) is 11.6 Å². The highest BCUT2D eigenvalue weighted by molar-refractivity contribution is 9.11. The van der Waals surface area contributed by atoms with Crippen LogP contribution in [-0.2, 0) is 4.74 Å². The maximum atomic E-state index is 6.43. The Morgan fingerprint density at radius 3 is 2.94 bits per heavy atom. The summed E-state index contributed by atoms with van der Waals surface area (Å²) < 4.78 is 7.73. The molecule has 0 amide bonds. The van der Waals surface area contributed by atoms with Crippen LogP contribution in [-0.4, -0.2) is 12.7 Å². The predicted molar refractivity (Wildman–Crippen MR) is 74.0 cm³/mol. The molecule has 0 N–H and O–H groups in total. The maximum Gasteiger partial charge on any atom is 0.0621 e. The average molecular weight is 368 g/mol. The molecule has 1 fully saturated rings. The standard InChI is InChI=1S/C12H13Br2ClO/c13-8-3-4-11(14)10(6-8)12(15)7-9-2-1-5-16-9/h3-4,6,9,12H,1-2,5,7H2. The molecule has 16 heavy (non-hydrogen) atoms. The zero-order chi connectivity index (χ0) is 11.5. The number of hydrogen-bond acceptors (Lipinski definition) is 1. The summed E-state index contributed by atoms with van der Waals surface area (Å²) in [6.07, 6.45) is 3.51. The van der Waals surface area contributed by atoms with E-state index in [9.17, 15) is 0 Å². The van der Waals surface area contributed by atoms with E-state index >= 15 is 0 Å². The van der Waals surface area contributed by atoms with Crippen LogP contribution in [0.25, 0.3) is 0 Å². The van der Waals surface area contributed by atoms with E-state index in [1.807, 2.05) is 12.1 Å². The highest BCUT2D eigenvalue weighted by atomic mass is 79.9. The maximum absolute atomic E-state index is 6.43. The molecule has 1 aliphatic rings. The first-order valence-corrected chi connectivity index (χ1v) is 7.39. The molecule has 1 saturated heterocycles. The summed E-state index contributed by atoms with van der Waals surface area (Å²) in [6, 6.07) is 6.09. The van der Waals surface area contributed by atoms with Crippen molar-refractivity contribution in [1.29, 1.82) is 0 Å². The summed E-state index contributed by atoms with van der Waals surface area (Å²) in [4.78, 5) is 0. The Morgan fingerprint density at radius 1 is 1.44 bits per heavy atom. The van der Waals surface area contributed by atoms with Crippen molar-refractivity contribution in [2.24, 2.45) is 0 Å². The summed E-state index contributed by atoms with van der Waals surface area (Å²) in [5.74, 6) is 0. The van der Waals surface area contributed by atoms with Gasteiger partial charge >= 0.3 is 0 Å². The topological polar surface area (TPSA) is 9.23 Å². The van der Waals surface area contributed by atoms with Crippen LogP contribution in [0.5, 0.6) is 0 Å². The first-order chi connectivity index (χ1) is 7.66. The van der Waals surface area contributed by atoms with Crippen LogP contribution < -0.4 is 0 Å². The molecule has 0 saturated carbocycles. The second-order valence-corrected chi connectivity index (χ2v) is 6.30. The SMILES string of the molecule is ClC(CC1CCCO1)c1cc(Br)ccc1Br. The Bertz CT molecular complexity index is 364. The van der Waals surface area contributed by atoms with Crippen LogP contribution in [0.1, 0.15) is 30.2 Å². The number of ether oxygens (including phenoxy) is 1. The zero-order valence-corrected chi connectivity index (χ0v) is 12.7. The summed E-state index contributed by atoms with van der Waals surface area (Å²) in [5.41, 5.74) is 1.13. The van der Waals surface area contributed by atoms with Crippen LogP contribution in [0.4, 0.5) is 0 Å². The van der Waals surface area contributed by atoms with E-state index in [0.29, 0.717) is 6.10 Å². The molecule has 1 aliphatic heterocycles. The molecule has 2 unspecified atom stereocenters. The molecule has 0 aromatic heterocycles. The van der Waals surface area contributed by atoms with Crippen molar-refractivity contribution in [2.45, 2.75) is 30.7 Å². The molecule has 1 heterocycles. The van der Waals surface area contributed by atoms with Gasteiger partial charge in [-0.05, 0) is 43.0 Å². The smallest absolute Gasteiger partial charge is 0.0621 e. The summed E-state index contributed by atoms with van der Waals surface area (Å²) >= 11 is 13.4. The van der Waals surface area contributed by atoms with Crippen molar-refractivity contribution in [2.75, 3.05) is 6.61 Å². The quantitative estimate of drug-likeness (QED) is 0.678.